The van der Waals surface area contributed by atoms with E-state index in [0.717, 1.165) is 27.8 Å². The van der Waals surface area contributed by atoms with Crippen LogP contribution in [0.1, 0.15) is 0 Å². The maximum atomic E-state index is 4.96. The van der Waals surface area contributed by atoms with E-state index in [2.05, 4.69) is 94.3 Å². The molecule has 3 aromatic heterocycles. The summed E-state index contributed by atoms with van der Waals surface area (Å²) in [6.45, 7) is 0. The second-order valence-corrected chi connectivity index (χ2v) is 7.43. The molecule has 0 radical (unpaired) electrons. The van der Waals surface area contributed by atoms with Crippen molar-refractivity contribution < 1.29 is 0 Å². The lowest BCUT2D eigenvalue weighted by atomic mass is 10.1. The van der Waals surface area contributed by atoms with E-state index in [1.165, 1.54) is 32.3 Å². The summed E-state index contributed by atoms with van der Waals surface area (Å²) in [6, 6.07) is 30.2. The third-order valence-electron chi connectivity index (χ3n) is 5.88. The fourth-order valence-electron chi connectivity index (χ4n) is 4.57. The van der Waals surface area contributed by atoms with Crippen LogP contribution in [-0.2, 0) is 0 Å². The van der Waals surface area contributed by atoms with Crippen molar-refractivity contribution in [1.29, 1.82) is 0 Å². The van der Waals surface area contributed by atoms with Gasteiger partial charge in [-0.05, 0) is 46.5 Å². The monoisotopic (exact) mass is 357 g/mol. The summed E-state index contributed by atoms with van der Waals surface area (Å²) in [5.41, 5.74) is 5.41. The lowest BCUT2D eigenvalue weighted by Crippen LogP contribution is -1.87. The van der Waals surface area contributed by atoms with Crippen molar-refractivity contribution in [3.63, 3.8) is 0 Å². The minimum Gasteiger partial charge on any atom is -0.340 e. The largest absolute Gasteiger partial charge is 0.340 e. The van der Waals surface area contributed by atoms with Crippen molar-refractivity contribution >= 4 is 60.2 Å². The van der Waals surface area contributed by atoms with Gasteiger partial charge in [0.25, 0.3) is 0 Å². The van der Waals surface area contributed by atoms with Gasteiger partial charge in [0.2, 0.25) is 0 Å². The van der Waals surface area contributed by atoms with Crippen molar-refractivity contribution in [2.75, 3.05) is 0 Å². The van der Waals surface area contributed by atoms with Gasteiger partial charge in [-0.3, -0.25) is 4.40 Å². The third kappa shape index (κ3) is 1.71. The van der Waals surface area contributed by atoms with Crippen LogP contribution in [0.3, 0.4) is 0 Å². The molecule has 0 aliphatic heterocycles. The molecule has 1 N–H and O–H groups in total. The number of nitrogens with one attached hydrogen (secondary N) is 1. The van der Waals surface area contributed by atoms with Gasteiger partial charge in [-0.15, -0.1) is 0 Å². The molecule has 0 unspecified atom stereocenters. The summed E-state index contributed by atoms with van der Waals surface area (Å²) in [7, 11) is 0. The number of pyridine rings is 1. The van der Waals surface area contributed by atoms with Gasteiger partial charge in [0.05, 0.1) is 11.0 Å². The number of nitrogens with zero attached hydrogens (tertiary/aromatic N) is 2. The Kier molecular flexibility index (Phi) is 2.49. The first-order valence-corrected chi connectivity index (χ1v) is 9.50. The van der Waals surface area contributed by atoms with Gasteiger partial charge in [-0.25, -0.2) is 4.98 Å². The lowest BCUT2D eigenvalue weighted by molar-refractivity contribution is 1.26. The Morgan fingerprint density at radius 2 is 1.43 bits per heavy atom. The Labute approximate surface area is 159 Å². The molecular weight excluding hydrogens is 342 g/mol. The SMILES string of the molecule is c1ccc2cc3c(cc2c1)[nH]c1c3ccc2nc3c4ccccc4ccc3n21. The molecule has 3 heteroatoms. The van der Waals surface area contributed by atoms with Gasteiger partial charge in [0, 0.05) is 21.7 Å². The summed E-state index contributed by atoms with van der Waals surface area (Å²) in [6.07, 6.45) is 0. The first-order valence-electron chi connectivity index (χ1n) is 9.50. The Bertz CT molecular complexity index is 1720. The predicted molar refractivity (Wildman–Crippen MR) is 117 cm³/mol. The zero-order valence-electron chi connectivity index (χ0n) is 15.0. The maximum absolute atomic E-state index is 4.96. The molecule has 0 bridgehead atoms. The second-order valence-electron chi connectivity index (χ2n) is 7.43. The van der Waals surface area contributed by atoms with Crippen LogP contribution < -0.4 is 0 Å². The average molecular weight is 357 g/mol. The normalized spacial score (nSPS) is 12.3. The molecule has 4 aromatic carbocycles. The fourth-order valence-corrected chi connectivity index (χ4v) is 4.57. The molecule has 0 spiro atoms. The highest BCUT2D eigenvalue weighted by atomic mass is 15.1. The van der Waals surface area contributed by atoms with Crippen molar-refractivity contribution in [3.8, 4) is 0 Å². The van der Waals surface area contributed by atoms with E-state index in [4.69, 9.17) is 4.98 Å². The molecule has 130 valence electrons. The van der Waals surface area contributed by atoms with Crippen molar-refractivity contribution in [1.82, 2.24) is 14.4 Å². The number of H-pyrrole nitrogens is 1. The quantitative estimate of drug-likeness (QED) is 0.333. The van der Waals surface area contributed by atoms with E-state index < -0.39 is 0 Å². The van der Waals surface area contributed by atoms with Crippen molar-refractivity contribution in [2.24, 2.45) is 0 Å². The van der Waals surface area contributed by atoms with E-state index in [9.17, 15) is 0 Å². The van der Waals surface area contributed by atoms with E-state index in [0.29, 0.717) is 0 Å². The number of benzene rings is 4. The van der Waals surface area contributed by atoms with E-state index in [1.807, 2.05) is 0 Å². The summed E-state index contributed by atoms with van der Waals surface area (Å²) in [5.74, 6) is 0. The Hall–Kier alpha value is -3.85. The molecule has 0 fully saturated rings. The van der Waals surface area contributed by atoms with Crippen LogP contribution in [0.15, 0.2) is 84.9 Å². The van der Waals surface area contributed by atoms with Crippen LogP contribution in [-0.4, -0.2) is 14.4 Å². The number of fused-ring (bicyclic) bond motifs is 10. The van der Waals surface area contributed by atoms with E-state index in [-0.39, 0.29) is 0 Å². The highest BCUT2D eigenvalue weighted by Gasteiger charge is 2.14. The highest BCUT2D eigenvalue weighted by molar-refractivity contribution is 6.13. The molecule has 0 saturated carbocycles. The molecule has 28 heavy (non-hydrogen) atoms. The summed E-state index contributed by atoms with van der Waals surface area (Å²) < 4.78 is 2.25. The highest BCUT2D eigenvalue weighted by Crippen LogP contribution is 2.33. The number of rotatable bonds is 0. The molecule has 7 rings (SSSR count). The van der Waals surface area contributed by atoms with Crippen LogP contribution in [0.2, 0.25) is 0 Å². The summed E-state index contributed by atoms with van der Waals surface area (Å²) in [4.78, 5) is 8.62. The molecule has 0 aliphatic rings. The van der Waals surface area contributed by atoms with Crippen LogP contribution in [0.4, 0.5) is 0 Å². The first kappa shape index (κ1) is 14.2. The number of aromatic nitrogens is 3. The van der Waals surface area contributed by atoms with Crippen LogP contribution in [0.25, 0.3) is 60.2 Å². The fraction of sp³-hybridized carbons (Fsp3) is 0. The molecule has 0 atom stereocenters. The van der Waals surface area contributed by atoms with E-state index >= 15 is 0 Å². The molecular formula is C25H15N3. The van der Waals surface area contributed by atoms with Gasteiger partial charge in [0.15, 0.2) is 0 Å². The number of imidazole rings is 1. The van der Waals surface area contributed by atoms with Gasteiger partial charge in [-0.1, -0.05) is 54.6 Å². The topological polar surface area (TPSA) is 33.1 Å². The summed E-state index contributed by atoms with van der Waals surface area (Å²) >= 11 is 0. The molecule has 0 amide bonds. The predicted octanol–water partition coefficient (Wildman–Crippen LogP) is 6.43. The number of hydrogen-bond acceptors (Lipinski definition) is 1. The van der Waals surface area contributed by atoms with E-state index in [1.54, 1.807) is 0 Å². The van der Waals surface area contributed by atoms with Gasteiger partial charge in [-0.2, -0.15) is 0 Å². The van der Waals surface area contributed by atoms with Crippen LogP contribution in [0, 0.1) is 0 Å². The van der Waals surface area contributed by atoms with Crippen LogP contribution in [0.5, 0.6) is 0 Å². The Balaban J connectivity index is 1.71. The first-order chi connectivity index (χ1) is 13.9. The van der Waals surface area contributed by atoms with Gasteiger partial charge in [0.1, 0.15) is 11.3 Å². The molecule has 0 saturated heterocycles. The zero-order valence-corrected chi connectivity index (χ0v) is 15.0. The zero-order chi connectivity index (χ0) is 18.2. The Morgan fingerprint density at radius 3 is 2.32 bits per heavy atom. The molecule has 3 heterocycles. The summed E-state index contributed by atoms with van der Waals surface area (Å²) in [5, 5.41) is 7.40. The minimum absolute atomic E-state index is 0.968. The van der Waals surface area contributed by atoms with Crippen molar-refractivity contribution in [3.05, 3.63) is 84.9 Å². The second kappa shape index (κ2) is 4.90. The number of hydrogen-bond donors (Lipinski definition) is 1. The van der Waals surface area contributed by atoms with Crippen molar-refractivity contribution in [2.45, 2.75) is 0 Å². The maximum Gasteiger partial charge on any atom is 0.139 e. The third-order valence-corrected chi connectivity index (χ3v) is 5.88. The molecule has 3 nitrogen and oxygen atoms in total. The Morgan fingerprint density at radius 1 is 0.643 bits per heavy atom. The van der Waals surface area contributed by atoms with Gasteiger partial charge < -0.3 is 4.98 Å². The smallest absolute Gasteiger partial charge is 0.139 e. The molecule has 7 aromatic rings. The minimum atomic E-state index is 0.968. The van der Waals surface area contributed by atoms with Gasteiger partial charge >= 0.3 is 0 Å². The molecule has 0 aliphatic carbocycles. The number of aromatic amines is 1. The average Bonchev–Trinajstić information content (AvgIpc) is 3.29. The lowest BCUT2D eigenvalue weighted by Gasteiger charge is -2.00. The van der Waals surface area contributed by atoms with Crippen LogP contribution >= 0.6 is 0 Å². The standard InChI is InChI=1S/C25H15N3/c1-2-7-17-14-21-20(13-16(17)6-1)19-10-12-23-27-24-18-8-4-3-5-15(18)9-11-22(24)28(23)25(19)26-21/h1-14,26H.